The van der Waals surface area contributed by atoms with Crippen LogP contribution in [0.3, 0.4) is 0 Å². The molecule has 346 valence electrons. The first-order valence-electron chi connectivity index (χ1n) is 19.9. The fraction of sp³-hybridized carbons (Fsp3) is 0.227. The zero-order chi connectivity index (χ0) is 47.8. The second-order valence-electron chi connectivity index (χ2n) is 13.9. The van der Waals surface area contributed by atoms with Crippen LogP contribution in [0.15, 0.2) is 110 Å². The number of halogens is 4. The van der Waals surface area contributed by atoms with Gasteiger partial charge in [-0.15, -0.1) is 0 Å². The molecule has 2 amide bonds. The van der Waals surface area contributed by atoms with Gasteiger partial charge in [-0.2, -0.15) is 0 Å². The van der Waals surface area contributed by atoms with Crippen molar-refractivity contribution in [3.8, 4) is 0 Å². The van der Waals surface area contributed by atoms with Crippen LogP contribution >= 0.6 is 23.2 Å². The Morgan fingerprint density at radius 1 is 0.712 bits per heavy atom. The Bertz CT molecular complexity index is 2520. The number of Topliss-reactive ketones (excluding diaryl/α,β-unsaturated/α-hetero) is 1. The van der Waals surface area contributed by atoms with Gasteiger partial charge in [0.1, 0.15) is 42.3 Å². The number of hydrogen-bond acceptors (Lipinski definition) is 15. The van der Waals surface area contributed by atoms with Crippen LogP contribution in [0.25, 0.3) is 0 Å². The van der Waals surface area contributed by atoms with E-state index in [1.165, 1.54) is 49.3 Å². The molecule has 0 aliphatic rings. The molecule has 0 fully saturated rings. The topological polar surface area (TPSA) is 261 Å². The molecule has 4 aromatic heterocycles. The van der Waals surface area contributed by atoms with Gasteiger partial charge in [0.05, 0.1) is 42.9 Å². The average Bonchev–Trinajstić information content (AvgIpc) is 3.32. The summed E-state index contributed by atoms with van der Waals surface area (Å²) in [5, 5.41) is 22.6. The van der Waals surface area contributed by atoms with Gasteiger partial charge in [-0.1, -0.05) is 97.7 Å². The number of carbonyl (C=O) groups excluding carboxylic acids is 3. The van der Waals surface area contributed by atoms with Crippen molar-refractivity contribution in [1.29, 1.82) is 0 Å². The van der Waals surface area contributed by atoms with Gasteiger partial charge in [-0.25, -0.2) is 33.5 Å². The number of hydrogen-bond donors (Lipinski definition) is 7. The number of pyridine rings is 2. The van der Waals surface area contributed by atoms with E-state index in [4.69, 9.17) is 38.8 Å². The molecule has 2 atom stereocenters. The summed E-state index contributed by atoms with van der Waals surface area (Å²) in [4.78, 5) is 70.0. The Labute approximate surface area is 388 Å². The summed E-state index contributed by atoms with van der Waals surface area (Å²) in [5.74, 6) is -2.73. The Morgan fingerprint density at radius 2 is 1.27 bits per heavy atom. The summed E-state index contributed by atoms with van der Waals surface area (Å²) in [7, 11) is 0. The van der Waals surface area contributed by atoms with Crippen LogP contribution in [0.5, 0.6) is 0 Å². The van der Waals surface area contributed by atoms with Crippen LogP contribution in [0, 0.1) is 23.5 Å². The Kier molecular flexibility index (Phi) is 21.0. The standard InChI is InChI=1S/C22H22ClFN6O3.C12H15NO3.C10H9ClFN5/c1-14(10-27-22(32)33-12-15-6-3-2-4-7-15)21(31)30-18-19(23)28-13-29-20(18)26-11-17-16(24)8-5-9-25-17;1-9(12(15)16)7-13-8-11(14)10-5-3-2-4-6-10;11-9-8(13)10(17-5-16-9)15-4-7-6(12)2-1-3-14-7/h2-9,13-14H,10-12H2,1H3,(H,27,32)(H,30,31)(H,26,28,29);2-6,9,13H,7-8H2,1H3,(H,15,16);1-3,5H,4,13H2,(H,15,16,17). The molecule has 0 saturated carbocycles. The van der Waals surface area contributed by atoms with Crippen molar-refractivity contribution in [2.24, 2.45) is 11.8 Å². The van der Waals surface area contributed by atoms with Crippen molar-refractivity contribution in [2.45, 2.75) is 33.5 Å². The number of aliphatic carboxylic acids is 1. The van der Waals surface area contributed by atoms with Crippen LogP contribution < -0.4 is 32.3 Å². The zero-order valence-electron chi connectivity index (χ0n) is 35.6. The minimum atomic E-state index is -0.861. The zero-order valence-corrected chi connectivity index (χ0v) is 37.1. The largest absolute Gasteiger partial charge is 0.481 e. The minimum absolute atomic E-state index is 0.00442. The number of nitrogens with zero attached hydrogens (tertiary/aromatic N) is 6. The highest BCUT2D eigenvalue weighted by Gasteiger charge is 2.20. The molecule has 6 rings (SSSR count). The summed E-state index contributed by atoms with van der Waals surface area (Å²) in [6.07, 6.45) is 4.82. The summed E-state index contributed by atoms with van der Waals surface area (Å²) >= 11 is 11.9. The van der Waals surface area contributed by atoms with Gasteiger partial charge < -0.3 is 42.2 Å². The maximum atomic E-state index is 13.8. The first-order chi connectivity index (χ1) is 31.7. The SMILES string of the molecule is CC(CNC(=O)OCc1ccccc1)C(=O)Nc1c(Cl)ncnc1NCc1ncccc1F.CC(CNCC(=O)c1ccccc1)C(=O)O.Nc1c(Cl)ncnc1NCc1ncccc1F. The van der Waals surface area contributed by atoms with E-state index in [1.54, 1.807) is 38.1 Å². The predicted octanol–water partition coefficient (Wildman–Crippen LogP) is 6.82. The Hall–Kier alpha value is -7.42. The van der Waals surface area contributed by atoms with E-state index in [0.717, 1.165) is 5.56 Å². The number of nitrogens with two attached hydrogens (primary N) is 1. The first kappa shape index (κ1) is 51.2. The monoisotopic (exact) mass is 946 g/mol. The number of ketones is 1. The van der Waals surface area contributed by atoms with Gasteiger partial charge in [-0.3, -0.25) is 24.4 Å². The molecule has 0 saturated heterocycles. The van der Waals surface area contributed by atoms with E-state index in [1.807, 2.05) is 36.4 Å². The average molecular weight is 948 g/mol. The molecule has 0 aliphatic carbocycles. The number of nitrogens with one attached hydrogen (secondary N) is 5. The van der Waals surface area contributed by atoms with E-state index in [9.17, 15) is 28.0 Å². The minimum Gasteiger partial charge on any atom is -0.481 e. The lowest BCUT2D eigenvalue weighted by Crippen LogP contribution is -2.34. The number of carboxylic acid groups (broad SMARTS) is 1. The van der Waals surface area contributed by atoms with Crippen molar-refractivity contribution in [1.82, 2.24) is 40.5 Å². The van der Waals surface area contributed by atoms with Crippen LogP contribution in [-0.2, 0) is 34.0 Å². The predicted molar refractivity (Wildman–Crippen MR) is 244 cm³/mol. The van der Waals surface area contributed by atoms with Crippen molar-refractivity contribution in [3.05, 3.63) is 154 Å². The molecule has 2 unspecified atom stereocenters. The van der Waals surface area contributed by atoms with Crippen molar-refractivity contribution >= 4 is 70.0 Å². The number of aromatic nitrogens is 6. The van der Waals surface area contributed by atoms with Crippen LogP contribution in [0.1, 0.15) is 41.2 Å². The summed E-state index contributed by atoms with van der Waals surface area (Å²) in [6, 6.07) is 23.8. The number of carboxylic acids is 1. The number of rotatable bonds is 18. The molecular formula is C44H46Cl2F2N12O6. The number of benzene rings is 2. The van der Waals surface area contributed by atoms with Gasteiger partial charge in [0, 0.05) is 31.0 Å². The fourth-order valence-corrected chi connectivity index (χ4v) is 5.43. The molecule has 0 spiro atoms. The Morgan fingerprint density at radius 3 is 1.86 bits per heavy atom. The molecular weight excluding hydrogens is 901 g/mol. The molecule has 22 heteroatoms. The van der Waals surface area contributed by atoms with Gasteiger partial charge >= 0.3 is 12.1 Å². The molecule has 0 radical (unpaired) electrons. The molecule has 0 bridgehead atoms. The highest BCUT2D eigenvalue weighted by molar-refractivity contribution is 6.33. The van der Waals surface area contributed by atoms with Crippen LogP contribution in [0.2, 0.25) is 10.3 Å². The molecule has 8 N–H and O–H groups in total. The van der Waals surface area contributed by atoms with Gasteiger partial charge in [-0.05, 0) is 29.8 Å². The second kappa shape index (κ2) is 27.0. The highest BCUT2D eigenvalue weighted by atomic mass is 35.5. The van der Waals surface area contributed by atoms with E-state index >= 15 is 0 Å². The van der Waals surface area contributed by atoms with Crippen molar-refractivity contribution in [3.63, 3.8) is 0 Å². The summed E-state index contributed by atoms with van der Waals surface area (Å²) < 4.78 is 32.2. The van der Waals surface area contributed by atoms with E-state index in [-0.39, 0.29) is 77.5 Å². The molecule has 0 aliphatic heterocycles. The summed E-state index contributed by atoms with van der Waals surface area (Å²) in [6.45, 7) is 4.04. The van der Waals surface area contributed by atoms with Crippen molar-refractivity contribution in [2.75, 3.05) is 41.3 Å². The fourth-order valence-electron chi connectivity index (χ4n) is 5.12. The number of anilines is 4. The Balaban J connectivity index is 0.000000241. The van der Waals surface area contributed by atoms with Gasteiger partial charge in [0.2, 0.25) is 5.91 Å². The van der Waals surface area contributed by atoms with Gasteiger partial charge in [0.15, 0.2) is 27.7 Å². The van der Waals surface area contributed by atoms with Crippen LogP contribution in [-0.4, -0.2) is 78.4 Å². The maximum absolute atomic E-state index is 13.8. The lowest BCUT2D eigenvalue weighted by atomic mass is 10.1. The number of amides is 2. The molecule has 6 aromatic rings. The number of ether oxygens (including phenoxy) is 1. The third-order valence-corrected chi connectivity index (χ3v) is 9.45. The maximum Gasteiger partial charge on any atom is 0.407 e. The van der Waals surface area contributed by atoms with E-state index in [2.05, 4.69) is 56.5 Å². The smallest absolute Gasteiger partial charge is 0.407 e. The molecule has 2 aromatic carbocycles. The highest BCUT2D eigenvalue weighted by Crippen LogP contribution is 2.27. The third-order valence-electron chi connectivity index (χ3n) is 8.87. The van der Waals surface area contributed by atoms with Crippen molar-refractivity contribution < 1.29 is 37.8 Å². The normalized spacial score (nSPS) is 11.2. The molecule has 4 heterocycles. The van der Waals surface area contributed by atoms with Gasteiger partial charge in [0.25, 0.3) is 0 Å². The third kappa shape index (κ3) is 17.3. The second-order valence-corrected chi connectivity index (χ2v) is 14.6. The van der Waals surface area contributed by atoms with E-state index in [0.29, 0.717) is 17.9 Å². The number of carbonyl (C=O) groups is 4. The first-order valence-corrected chi connectivity index (χ1v) is 20.7. The lowest BCUT2D eigenvalue weighted by molar-refractivity contribution is -0.140. The quantitative estimate of drug-likeness (QED) is 0.0345. The van der Waals surface area contributed by atoms with E-state index < -0.39 is 41.4 Å². The number of alkyl carbamates (subject to hydrolysis) is 1. The molecule has 66 heavy (non-hydrogen) atoms. The lowest BCUT2D eigenvalue weighted by Gasteiger charge is -2.16. The number of nitrogen functional groups attached to an aromatic ring is 1. The van der Waals surface area contributed by atoms with Crippen LogP contribution in [0.4, 0.5) is 36.6 Å². The molecule has 18 nitrogen and oxygen atoms in total. The summed E-state index contributed by atoms with van der Waals surface area (Å²) in [5.41, 5.74) is 7.96.